The molecule has 0 spiro atoms. The van der Waals surface area contributed by atoms with Crippen LogP contribution in [0.2, 0.25) is 0 Å². The molecule has 0 radical (unpaired) electrons. The average Bonchev–Trinajstić information content (AvgIpc) is 3.25. The molecule has 2 atom stereocenters. The molecule has 0 N–H and O–H groups in total. The molecule has 2 unspecified atom stereocenters. The third kappa shape index (κ3) is 6.52. The molecule has 4 rings (SSSR count). The molecule has 1 saturated heterocycles. The summed E-state index contributed by atoms with van der Waals surface area (Å²) in [4.78, 5) is 20.0. The van der Waals surface area contributed by atoms with E-state index in [-0.39, 0.29) is 23.6 Å². The maximum Gasteiger partial charge on any atom is 0.253 e. The quantitative estimate of drug-likeness (QED) is 0.376. The van der Waals surface area contributed by atoms with Crippen molar-refractivity contribution in [3.05, 3.63) is 101 Å². The molecule has 0 aromatic heterocycles. The summed E-state index contributed by atoms with van der Waals surface area (Å²) < 4.78 is 14.2. The maximum atomic E-state index is 14.2. The Bertz CT molecular complexity index is 1130. The number of rotatable bonds is 9. The van der Waals surface area contributed by atoms with E-state index in [1.807, 2.05) is 55.4 Å². The van der Waals surface area contributed by atoms with Crippen molar-refractivity contribution < 1.29 is 9.18 Å². The normalized spacial score (nSPS) is 17.9. The minimum Gasteiger partial charge on any atom is -0.378 e. The number of anilines is 1. The lowest BCUT2D eigenvalue weighted by molar-refractivity contribution is 0.0703. The first-order valence-corrected chi connectivity index (χ1v) is 12.9. The molecule has 1 aliphatic heterocycles. The standard InChI is InChI=1S/C31H38FN3O/c1-23(2)18-35(31(36)25-9-6-5-7-10-25)21-27-20-34(19-24-13-15-29(16-14-24)33(3)4)22-30(27)26-11-8-12-28(32)17-26/h5-17,23,27,30H,18-22H2,1-4H3. The van der Waals surface area contributed by atoms with Crippen molar-refractivity contribution >= 4 is 11.6 Å². The van der Waals surface area contributed by atoms with Crippen molar-refractivity contribution in [1.29, 1.82) is 0 Å². The highest BCUT2D eigenvalue weighted by Gasteiger charge is 2.36. The van der Waals surface area contributed by atoms with E-state index in [9.17, 15) is 9.18 Å². The first-order chi connectivity index (χ1) is 17.3. The lowest BCUT2D eigenvalue weighted by Crippen LogP contribution is -2.39. The molecule has 1 heterocycles. The lowest BCUT2D eigenvalue weighted by atomic mass is 9.88. The summed E-state index contributed by atoms with van der Waals surface area (Å²) in [5.74, 6) is 0.612. The van der Waals surface area contributed by atoms with E-state index < -0.39 is 0 Å². The summed E-state index contributed by atoms with van der Waals surface area (Å²) in [5.41, 5.74) is 4.18. The third-order valence-electron chi connectivity index (χ3n) is 7.00. The zero-order valence-corrected chi connectivity index (χ0v) is 21.9. The Morgan fingerprint density at radius 1 is 0.972 bits per heavy atom. The summed E-state index contributed by atoms with van der Waals surface area (Å²) >= 11 is 0. The molecule has 5 heteroatoms. The fourth-order valence-electron chi connectivity index (χ4n) is 5.27. The number of halogens is 1. The van der Waals surface area contributed by atoms with Crippen molar-refractivity contribution in [1.82, 2.24) is 9.80 Å². The SMILES string of the molecule is CC(C)CN(CC1CN(Cc2ccc(N(C)C)cc2)CC1c1cccc(F)c1)C(=O)c1ccccc1. The van der Waals surface area contributed by atoms with Gasteiger partial charge in [0.25, 0.3) is 5.91 Å². The fraction of sp³-hybridized carbons (Fsp3) is 0.387. The van der Waals surface area contributed by atoms with Gasteiger partial charge in [-0.15, -0.1) is 0 Å². The van der Waals surface area contributed by atoms with Gasteiger partial charge in [0.1, 0.15) is 5.82 Å². The second-order valence-corrected chi connectivity index (χ2v) is 10.6. The smallest absolute Gasteiger partial charge is 0.253 e. The molecule has 0 aliphatic carbocycles. The van der Waals surface area contributed by atoms with Gasteiger partial charge >= 0.3 is 0 Å². The lowest BCUT2D eigenvalue weighted by Gasteiger charge is -2.30. The number of nitrogens with zero attached hydrogens (tertiary/aromatic N) is 3. The van der Waals surface area contributed by atoms with E-state index >= 15 is 0 Å². The van der Waals surface area contributed by atoms with Gasteiger partial charge < -0.3 is 9.80 Å². The molecule has 0 saturated carbocycles. The van der Waals surface area contributed by atoms with Gasteiger partial charge in [-0.1, -0.05) is 56.3 Å². The first kappa shape index (κ1) is 25.9. The zero-order valence-electron chi connectivity index (χ0n) is 21.9. The summed E-state index contributed by atoms with van der Waals surface area (Å²) in [7, 11) is 4.09. The molecule has 3 aromatic rings. The monoisotopic (exact) mass is 487 g/mol. The predicted octanol–water partition coefficient (Wildman–Crippen LogP) is 5.91. The van der Waals surface area contributed by atoms with Crippen molar-refractivity contribution in [2.24, 2.45) is 11.8 Å². The molecule has 190 valence electrons. The minimum absolute atomic E-state index is 0.0695. The number of likely N-dealkylation sites (tertiary alicyclic amines) is 1. The summed E-state index contributed by atoms with van der Waals surface area (Å²) in [6.07, 6.45) is 0. The van der Waals surface area contributed by atoms with Crippen molar-refractivity contribution in [2.45, 2.75) is 26.3 Å². The molecule has 1 aliphatic rings. The van der Waals surface area contributed by atoms with Gasteiger partial charge in [-0.05, 0) is 59.4 Å². The number of amides is 1. The number of hydrogen-bond acceptors (Lipinski definition) is 3. The Hall–Kier alpha value is -3.18. The van der Waals surface area contributed by atoms with E-state index in [2.05, 4.69) is 47.9 Å². The molecule has 3 aromatic carbocycles. The topological polar surface area (TPSA) is 26.8 Å². The number of carbonyl (C=O) groups is 1. The number of benzene rings is 3. The van der Waals surface area contributed by atoms with E-state index in [0.29, 0.717) is 19.0 Å². The van der Waals surface area contributed by atoms with Crippen LogP contribution in [0.15, 0.2) is 78.9 Å². The maximum absolute atomic E-state index is 14.2. The second-order valence-electron chi connectivity index (χ2n) is 10.6. The first-order valence-electron chi connectivity index (χ1n) is 12.9. The highest BCUT2D eigenvalue weighted by atomic mass is 19.1. The molecule has 0 bridgehead atoms. The van der Waals surface area contributed by atoms with Crippen LogP contribution < -0.4 is 4.90 Å². The van der Waals surface area contributed by atoms with Crippen LogP contribution in [0.25, 0.3) is 0 Å². The van der Waals surface area contributed by atoms with Crippen LogP contribution in [0.1, 0.15) is 41.3 Å². The molecular weight excluding hydrogens is 449 g/mol. The van der Waals surface area contributed by atoms with Gasteiger partial charge in [-0.2, -0.15) is 0 Å². The van der Waals surface area contributed by atoms with E-state index in [1.54, 1.807) is 12.1 Å². The van der Waals surface area contributed by atoms with E-state index in [4.69, 9.17) is 0 Å². The van der Waals surface area contributed by atoms with Gasteiger partial charge in [0.15, 0.2) is 0 Å². The molecule has 1 amide bonds. The Balaban J connectivity index is 1.56. The Labute approximate surface area is 215 Å². The van der Waals surface area contributed by atoms with Crippen LogP contribution in [0.3, 0.4) is 0 Å². The van der Waals surface area contributed by atoms with Crippen molar-refractivity contribution in [2.75, 3.05) is 45.2 Å². The Morgan fingerprint density at radius 2 is 1.69 bits per heavy atom. The molecule has 1 fully saturated rings. The number of carbonyl (C=O) groups excluding carboxylic acids is 1. The van der Waals surface area contributed by atoms with Crippen LogP contribution in [-0.4, -0.2) is 56.0 Å². The van der Waals surface area contributed by atoms with Crippen LogP contribution in [0, 0.1) is 17.7 Å². The Kier molecular flexibility index (Phi) is 8.42. The summed E-state index contributed by atoms with van der Waals surface area (Å²) in [5, 5.41) is 0. The van der Waals surface area contributed by atoms with Crippen LogP contribution in [0.5, 0.6) is 0 Å². The van der Waals surface area contributed by atoms with E-state index in [0.717, 1.165) is 30.8 Å². The zero-order chi connectivity index (χ0) is 25.7. The Morgan fingerprint density at radius 3 is 2.33 bits per heavy atom. The summed E-state index contributed by atoms with van der Waals surface area (Å²) in [6, 6.07) is 25.2. The molecular formula is C31H38FN3O. The summed E-state index contributed by atoms with van der Waals surface area (Å²) in [6.45, 7) is 8.20. The van der Waals surface area contributed by atoms with Gasteiger partial charge in [-0.3, -0.25) is 9.69 Å². The van der Waals surface area contributed by atoms with Crippen molar-refractivity contribution in [3.8, 4) is 0 Å². The third-order valence-corrected chi connectivity index (χ3v) is 7.00. The minimum atomic E-state index is -0.205. The van der Waals surface area contributed by atoms with E-state index in [1.165, 1.54) is 17.3 Å². The van der Waals surface area contributed by atoms with Crippen LogP contribution in [-0.2, 0) is 6.54 Å². The van der Waals surface area contributed by atoms with Gasteiger partial charge in [0, 0.05) is 64.0 Å². The molecule has 36 heavy (non-hydrogen) atoms. The van der Waals surface area contributed by atoms with Crippen molar-refractivity contribution in [3.63, 3.8) is 0 Å². The molecule has 4 nitrogen and oxygen atoms in total. The predicted molar refractivity (Wildman–Crippen MR) is 146 cm³/mol. The average molecular weight is 488 g/mol. The van der Waals surface area contributed by atoms with Gasteiger partial charge in [0.2, 0.25) is 0 Å². The second kappa shape index (κ2) is 11.7. The number of hydrogen-bond donors (Lipinski definition) is 0. The van der Waals surface area contributed by atoms with Crippen LogP contribution in [0.4, 0.5) is 10.1 Å². The van der Waals surface area contributed by atoms with Gasteiger partial charge in [-0.25, -0.2) is 4.39 Å². The highest BCUT2D eigenvalue weighted by molar-refractivity contribution is 5.94. The van der Waals surface area contributed by atoms with Crippen LogP contribution >= 0.6 is 0 Å². The largest absolute Gasteiger partial charge is 0.378 e. The van der Waals surface area contributed by atoms with Gasteiger partial charge in [0.05, 0.1) is 0 Å². The fourth-order valence-corrected chi connectivity index (χ4v) is 5.27. The highest BCUT2D eigenvalue weighted by Crippen LogP contribution is 2.35.